The van der Waals surface area contributed by atoms with Gasteiger partial charge in [-0.25, -0.2) is 4.98 Å². The van der Waals surface area contributed by atoms with Crippen LogP contribution in [-0.4, -0.2) is 12.1 Å². The molecule has 1 aromatic heterocycles. The summed E-state index contributed by atoms with van der Waals surface area (Å²) in [4.78, 5) is 3.99. The third-order valence-electron chi connectivity index (χ3n) is 2.57. The second-order valence-electron chi connectivity index (χ2n) is 3.91. The maximum absolute atomic E-state index is 5.83. The topological polar surface area (TPSA) is 31.4 Å². The van der Waals surface area contributed by atoms with Crippen molar-refractivity contribution in [3.63, 3.8) is 0 Å². The lowest BCUT2D eigenvalue weighted by atomic mass is 10.2. The smallest absolute Gasteiger partial charge is 0.132 e. The molecule has 0 aliphatic carbocycles. The van der Waals surface area contributed by atoms with E-state index in [9.17, 15) is 0 Å². The quantitative estimate of drug-likeness (QED) is 0.790. The van der Waals surface area contributed by atoms with Crippen LogP contribution >= 0.6 is 11.6 Å². The summed E-state index contributed by atoms with van der Waals surface area (Å²) in [5, 5.41) is 0.435. The van der Waals surface area contributed by atoms with Crippen molar-refractivity contribution in [3.8, 4) is 11.5 Å². The molecule has 0 unspecified atom stereocenters. The third-order valence-corrected chi connectivity index (χ3v) is 2.78. The van der Waals surface area contributed by atoms with Crippen LogP contribution < -0.4 is 9.47 Å². The van der Waals surface area contributed by atoms with Crippen molar-refractivity contribution in [2.45, 2.75) is 13.5 Å². The summed E-state index contributed by atoms with van der Waals surface area (Å²) < 4.78 is 10.8. The first-order valence-corrected chi connectivity index (χ1v) is 5.94. The molecule has 0 aliphatic heterocycles. The number of methoxy groups -OCH3 is 1. The van der Waals surface area contributed by atoms with E-state index in [-0.39, 0.29) is 0 Å². The Morgan fingerprint density at radius 2 is 1.94 bits per heavy atom. The Kier molecular flexibility index (Phi) is 4.05. The van der Waals surface area contributed by atoms with Gasteiger partial charge in [0.25, 0.3) is 0 Å². The highest BCUT2D eigenvalue weighted by Gasteiger charge is 2.02. The highest BCUT2D eigenvalue weighted by molar-refractivity contribution is 6.29. The Morgan fingerprint density at radius 1 is 1.22 bits per heavy atom. The standard InChI is InChI=1S/C14H14ClNO2/c1-10-8-16-14(15)7-13(10)18-9-11-3-5-12(17-2)6-4-11/h3-8H,9H2,1-2H3. The fourth-order valence-electron chi connectivity index (χ4n) is 1.52. The summed E-state index contributed by atoms with van der Waals surface area (Å²) in [6.45, 7) is 2.43. The number of aryl methyl sites for hydroxylation is 1. The van der Waals surface area contributed by atoms with Crippen LogP contribution in [0.4, 0.5) is 0 Å². The lowest BCUT2D eigenvalue weighted by molar-refractivity contribution is 0.303. The lowest BCUT2D eigenvalue weighted by Gasteiger charge is -2.09. The number of halogens is 1. The Hall–Kier alpha value is -1.74. The molecule has 0 aliphatic rings. The van der Waals surface area contributed by atoms with Gasteiger partial charge in [-0.3, -0.25) is 0 Å². The monoisotopic (exact) mass is 263 g/mol. The Balaban J connectivity index is 2.04. The Morgan fingerprint density at radius 3 is 2.61 bits per heavy atom. The van der Waals surface area contributed by atoms with Gasteiger partial charge in [-0.05, 0) is 24.6 Å². The zero-order valence-corrected chi connectivity index (χ0v) is 11.1. The van der Waals surface area contributed by atoms with Crippen LogP contribution in [0, 0.1) is 6.92 Å². The fourth-order valence-corrected chi connectivity index (χ4v) is 1.67. The van der Waals surface area contributed by atoms with E-state index in [1.54, 1.807) is 19.4 Å². The zero-order chi connectivity index (χ0) is 13.0. The summed E-state index contributed by atoms with van der Waals surface area (Å²) in [5.74, 6) is 1.59. The normalized spacial score (nSPS) is 10.2. The molecular formula is C14H14ClNO2. The van der Waals surface area contributed by atoms with E-state index in [0.717, 1.165) is 22.6 Å². The SMILES string of the molecule is COc1ccc(COc2cc(Cl)ncc2C)cc1. The minimum absolute atomic E-state index is 0.435. The first-order chi connectivity index (χ1) is 8.69. The van der Waals surface area contributed by atoms with Gasteiger partial charge in [0.2, 0.25) is 0 Å². The van der Waals surface area contributed by atoms with Crippen molar-refractivity contribution in [1.82, 2.24) is 4.98 Å². The molecule has 0 bridgehead atoms. The average molecular weight is 264 g/mol. The molecule has 4 heteroatoms. The molecule has 0 saturated heterocycles. The van der Waals surface area contributed by atoms with Gasteiger partial charge in [-0.15, -0.1) is 0 Å². The fraction of sp³-hybridized carbons (Fsp3) is 0.214. The van der Waals surface area contributed by atoms with Gasteiger partial charge in [-0.1, -0.05) is 23.7 Å². The molecule has 94 valence electrons. The molecular weight excluding hydrogens is 250 g/mol. The van der Waals surface area contributed by atoms with Crippen LogP contribution in [0.2, 0.25) is 5.15 Å². The molecule has 3 nitrogen and oxygen atoms in total. The van der Waals surface area contributed by atoms with E-state index in [4.69, 9.17) is 21.1 Å². The summed E-state index contributed by atoms with van der Waals surface area (Å²) in [6.07, 6.45) is 1.70. The number of nitrogens with zero attached hydrogens (tertiary/aromatic N) is 1. The highest BCUT2D eigenvalue weighted by atomic mass is 35.5. The van der Waals surface area contributed by atoms with Gasteiger partial charge in [0.1, 0.15) is 23.3 Å². The second kappa shape index (κ2) is 5.74. The number of ether oxygens (including phenoxy) is 2. The molecule has 0 amide bonds. The van der Waals surface area contributed by atoms with Crippen molar-refractivity contribution >= 4 is 11.6 Å². The number of hydrogen-bond donors (Lipinski definition) is 0. The maximum atomic E-state index is 5.83. The molecule has 0 radical (unpaired) electrons. The van der Waals surface area contributed by atoms with Crippen molar-refractivity contribution < 1.29 is 9.47 Å². The van der Waals surface area contributed by atoms with E-state index >= 15 is 0 Å². The van der Waals surface area contributed by atoms with Crippen molar-refractivity contribution in [1.29, 1.82) is 0 Å². The summed E-state index contributed by atoms with van der Waals surface area (Å²) >= 11 is 5.83. The summed E-state index contributed by atoms with van der Waals surface area (Å²) in [6, 6.07) is 9.48. The van der Waals surface area contributed by atoms with Crippen LogP contribution in [0.3, 0.4) is 0 Å². The molecule has 0 fully saturated rings. The van der Waals surface area contributed by atoms with Crippen molar-refractivity contribution in [3.05, 3.63) is 52.8 Å². The molecule has 0 saturated carbocycles. The highest BCUT2D eigenvalue weighted by Crippen LogP contribution is 2.21. The largest absolute Gasteiger partial charge is 0.497 e. The van der Waals surface area contributed by atoms with Crippen LogP contribution in [0.5, 0.6) is 11.5 Å². The first-order valence-electron chi connectivity index (χ1n) is 5.57. The lowest BCUT2D eigenvalue weighted by Crippen LogP contribution is -1.97. The van der Waals surface area contributed by atoms with Gasteiger partial charge < -0.3 is 9.47 Å². The van der Waals surface area contributed by atoms with Crippen molar-refractivity contribution in [2.24, 2.45) is 0 Å². The van der Waals surface area contributed by atoms with Crippen LogP contribution in [-0.2, 0) is 6.61 Å². The first kappa shape index (κ1) is 12.7. The van der Waals surface area contributed by atoms with Crippen LogP contribution in [0.25, 0.3) is 0 Å². The van der Waals surface area contributed by atoms with E-state index in [1.165, 1.54) is 0 Å². The molecule has 18 heavy (non-hydrogen) atoms. The molecule has 0 N–H and O–H groups in total. The molecule has 1 aromatic carbocycles. The van der Waals surface area contributed by atoms with Gasteiger partial charge in [0, 0.05) is 17.8 Å². The van der Waals surface area contributed by atoms with Crippen LogP contribution in [0.15, 0.2) is 36.5 Å². The number of aromatic nitrogens is 1. The van der Waals surface area contributed by atoms with Crippen LogP contribution in [0.1, 0.15) is 11.1 Å². The van der Waals surface area contributed by atoms with E-state index in [0.29, 0.717) is 11.8 Å². The van der Waals surface area contributed by atoms with Gasteiger partial charge in [0.05, 0.1) is 7.11 Å². The number of pyridine rings is 1. The predicted octanol–water partition coefficient (Wildman–Crippen LogP) is 3.63. The van der Waals surface area contributed by atoms with E-state index in [1.807, 2.05) is 31.2 Å². The summed E-state index contributed by atoms with van der Waals surface area (Å²) in [7, 11) is 1.65. The van der Waals surface area contributed by atoms with Gasteiger partial charge >= 0.3 is 0 Å². The van der Waals surface area contributed by atoms with E-state index < -0.39 is 0 Å². The van der Waals surface area contributed by atoms with Gasteiger partial charge in [0.15, 0.2) is 0 Å². The Labute approximate surface area is 111 Å². The minimum Gasteiger partial charge on any atom is -0.497 e. The number of benzene rings is 1. The Bertz CT molecular complexity index is 526. The number of rotatable bonds is 4. The molecule has 2 aromatic rings. The van der Waals surface area contributed by atoms with Crippen molar-refractivity contribution in [2.75, 3.05) is 7.11 Å². The third kappa shape index (κ3) is 3.14. The molecule has 1 heterocycles. The van der Waals surface area contributed by atoms with Gasteiger partial charge in [-0.2, -0.15) is 0 Å². The predicted molar refractivity (Wildman–Crippen MR) is 71.3 cm³/mol. The molecule has 0 atom stereocenters. The molecule has 2 rings (SSSR count). The van der Waals surface area contributed by atoms with E-state index in [2.05, 4.69) is 4.98 Å². The second-order valence-corrected chi connectivity index (χ2v) is 4.30. The zero-order valence-electron chi connectivity index (χ0n) is 10.3. The maximum Gasteiger partial charge on any atom is 0.132 e. The minimum atomic E-state index is 0.435. The molecule has 0 spiro atoms. The average Bonchev–Trinajstić information content (AvgIpc) is 2.40. The summed E-state index contributed by atoms with van der Waals surface area (Å²) in [5.41, 5.74) is 2.04. The number of hydrogen-bond acceptors (Lipinski definition) is 3.